The minimum atomic E-state index is -1.09. The van der Waals surface area contributed by atoms with Gasteiger partial charge in [-0.05, 0) is 83.3 Å². The summed E-state index contributed by atoms with van der Waals surface area (Å²) in [6.45, 7) is 2.56. The van der Waals surface area contributed by atoms with Gasteiger partial charge in [-0.3, -0.25) is 14.7 Å². The summed E-state index contributed by atoms with van der Waals surface area (Å²) in [4.78, 5) is 19.0. The van der Waals surface area contributed by atoms with E-state index in [1.807, 2.05) is 49.7 Å². The van der Waals surface area contributed by atoms with E-state index < -0.39 is 41.8 Å². The zero-order valence-electron chi connectivity index (χ0n) is 32.0. The smallest absolute Gasteiger partial charge is 0.252 e. The van der Waals surface area contributed by atoms with E-state index in [0.29, 0.717) is 30.7 Å². The van der Waals surface area contributed by atoms with E-state index in [0.717, 1.165) is 69.7 Å². The summed E-state index contributed by atoms with van der Waals surface area (Å²) in [5, 5.41) is 47.6. The zero-order valence-corrected chi connectivity index (χ0v) is 32.0. The van der Waals surface area contributed by atoms with Crippen LogP contribution in [-0.4, -0.2) is 56.9 Å². The molecule has 294 valence electrons. The summed E-state index contributed by atoms with van der Waals surface area (Å²) in [5.41, 5.74) is 13.0. The number of ether oxygens (including phenoxy) is 2. The van der Waals surface area contributed by atoms with E-state index in [1.165, 1.54) is 6.07 Å². The lowest BCUT2D eigenvalue weighted by Gasteiger charge is -2.36. The van der Waals surface area contributed by atoms with E-state index in [-0.39, 0.29) is 48.6 Å². The number of carbonyl (C=O) groups excluding carboxylic acids is 1. The fourth-order valence-electron chi connectivity index (χ4n) is 9.79. The van der Waals surface area contributed by atoms with E-state index in [4.69, 9.17) is 20.2 Å². The first-order valence-corrected chi connectivity index (χ1v) is 20.2. The molecule has 0 saturated heterocycles. The number of rotatable bonds is 6. The highest BCUT2D eigenvalue weighted by atomic mass is 16.5. The molecule has 2 bridgehead atoms. The number of nitrogens with one attached hydrogen (secondary N) is 2. The van der Waals surface area contributed by atoms with E-state index in [2.05, 4.69) is 35.4 Å². The number of carbonyl (C=O) groups is 1. The van der Waals surface area contributed by atoms with Gasteiger partial charge in [-0.1, -0.05) is 61.8 Å². The second-order valence-corrected chi connectivity index (χ2v) is 16.7. The molecule has 1 saturated carbocycles. The molecule has 9 atom stereocenters. The number of phenolic OH excluding ortho intramolecular Hbond substituents is 1. The maximum Gasteiger partial charge on any atom is 0.252 e. The Balaban J connectivity index is 1.06. The summed E-state index contributed by atoms with van der Waals surface area (Å²) in [7, 11) is 0. The highest BCUT2D eigenvalue weighted by Crippen LogP contribution is 2.47. The minimum Gasteiger partial charge on any atom is -0.508 e. The summed E-state index contributed by atoms with van der Waals surface area (Å²) in [5.74, 6) is 9.93. The van der Waals surface area contributed by atoms with Gasteiger partial charge in [-0.15, -0.1) is 0 Å². The number of Topliss-reactive ketones (excluding diaryl/α,β-unsaturated/α-hetero) is 1. The predicted octanol–water partition coefficient (Wildman–Crippen LogP) is 3.40. The molecule has 2 aromatic rings. The number of hydrogen-bond donors (Lipinski definition) is 7. The number of benzene rings is 2. The van der Waals surface area contributed by atoms with Crippen LogP contribution in [0.5, 0.6) is 17.2 Å². The first-order valence-electron chi connectivity index (χ1n) is 20.2. The molecule has 11 nitrogen and oxygen atoms in total. The average molecular weight is 770 g/mol. The molecular weight excluding hydrogens is 721 g/mol. The monoisotopic (exact) mass is 769 g/mol. The fraction of sp³-hybridized carbons (Fsp3) is 0.435. The third-order valence-electron chi connectivity index (χ3n) is 13.0. The Bertz CT molecular complexity index is 2280. The van der Waals surface area contributed by atoms with Crippen molar-refractivity contribution in [3.8, 4) is 41.1 Å². The number of ketones is 1. The lowest BCUT2D eigenvalue weighted by atomic mass is 9.73. The number of fused-ring (bicyclic) bond motifs is 8. The normalized spacial score (nSPS) is 30.4. The van der Waals surface area contributed by atoms with E-state index in [9.17, 15) is 25.2 Å². The Labute approximate surface area is 332 Å². The van der Waals surface area contributed by atoms with Crippen molar-refractivity contribution >= 4 is 17.6 Å². The lowest BCUT2D eigenvalue weighted by molar-refractivity contribution is -0.888. The third kappa shape index (κ3) is 6.98. The molecule has 9 rings (SSSR count). The molecule has 1 spiro atoms. The number of aryl methyl sites for hydroxylation is 1. The standard InChI is InChI=1S/C46H48N4O7/c1-26-4-7-33(40(54)18-26)41(55)21-29(51)6-5-27-20-43-42(22-39(27)53)56-17-15-46(13-2-3-14-46)36-10-11-38(52)31-8-9-32-30(12-16-48-44(32)47)34(31)19-28-23-49-37-25-50(24-35(28)37)45(36)57-43/h4,7-9,12,16,20,22-24,26,33,36,38,40-41,44-45,48,52-55H,2-3,5-6,13-14,18-19,21,25,47H2,1H3/p+1. The molecular formula is C46H49N4O7+. The number of aromatic hydroxyl groups is 1. The van der Waals surface area contributed by atoms with Gasteiger partial charge in [0.1, 0.15) is 54.3 Å². The summed E-state index contributed by atoms with van der Waals surface area (Å²) in [6, 6.07) is 7.09. The molecule has 1 fully saturated rings. The van der Waals surface area contributed by atoms with E-state index >= 15 is 0 Å². The fourth-order valence-corrected chi connectivity index (χ4v) is 9.79. The number of aliphatic hydroxyl groups is 3. The maximum absolute atomic E-state index is 13.1. The minimum absolute atomic E-state index is 0.0538. The molecule has 2 aromatic carbocycles. The number of nitrogens with zero attached hydrogens (tertiary/aromatic N) is 1. The zero-order chi connectivity index (χ0) is 39.4. The number of phenols is 1. The Morgan fingerprint density at radius 2 is 1.96 bits per heavy atom. The summed E-state index contributed by atoms with van der Waals surface area (Å²) >= 11 is 0. The number of hydrogen-bond acceptors (Lipinski definition) is 10. The van der Waals surface area contributed by atoms with Crippen LogP contribution in [0.3, 0.4) is 0 Å². The SMILES string of the molecule is CC1C=CC(C(O)CC(=O)CCc2cc3c(cc2O)OC#CC2(CCCC2)C2C#CC(O)c4ccc5c(c4CC4=CN=C6C[NH+](C=C46)C2O3)C=CNC5N)C(O)C1. The molecule has 5 aliphatic heterocycles. The first-order chi connectivity index (χ1) is 27.6. The molecule has 5 heterocycles. The number of nitrogens with two attached hydrogens (primary N) is 1. The van der Waals surface area contributed by atoms with E-state index in [1.54, 1.807) is 6.07 Å². The Morgan fingerprint density at radius 3 is 2.79 bits per heavy atom. The lowest BCUT2D eigenvalue weighted by Crippen LogP contribution is -3.13. The van der Waals surface area contributed by atoms with Gasteiger partial charge in [0.2, 0.25) is 0 Å². The van der Waals surface area contributed by atoms with Crippen molar-refractivity contribution in [1.82, 2.24) is 5.32 Å². The van der Waals surface area contributed by atoms with Gasteiger partial charge in [-0.25, -0.2) is 0 Å². The Kier molecular flexibility index (Phi) is 9.84. The molecule has 0 amide bonds. The Hall–Kier alpha value is -5.14. The van der Waals surface area contributed by atoms with Crippen LogP contribution < -0.4 is 25.4 Å². The average Bonchev–Trinajstić information content (AvgIpc) is 3.93. The van der Waals surface area contributed by atoms with Crippen molar-refractivity contribution in [1.29, 1.82) is 0 Å². The number of allylic oxidation sites excluding steroid dienone is 2. The van der Waals surface area contributed by atoms with Crippen LogP contribution in [0.1, 0.15) is 92.0 Å². The topological polar surface area (TPSA) is 171 Å². The summed E-state index contributed by atoms with van der Waals surface area (Å²) < 4.78 is 13.1. The van der Waals surface area contributed by atoms with Crippen molar-refractivity contribution in [2.75, 3.05) is 6.54 Å². The highest BCUT2D eigenvalue weighted by Gasteiger charge is 2.51. The van der Waals surface area contributed by atoms with Crippen LogP contribution in [0.25, 0.3) is 6.08 Å². The van der Waals surface area contributed by atoms with Gasteiger partial charge in [0.15, 0.2) is 11.5 Å². The van der Waals surface area contributed by atoms with Crippen molar-refractivity contribution in [3.05, 3.63) is 94.0 Å². The molecule has 57 heavy (non-hydrogen) atoms. The van der Waals surface area contributed by atoms with Crippen LogP contribution in [0.4, 0.5) is 0 Å². The maximum atomic E-state index is 13.1. The second kappa shape index (κ2) is 15.0. The molecule has 0 aromatic heterocycles. The van der Waals surface area contributed by atoms with Crippen LogP contribution in [0.2, 0.25) is 0 Å². The van der Waals surface area contributed by atoms with Crippen LogP contribution in [0.15, 0.2) is 71.2 Å². The van der Waals surface area contributed by atoms with Gasteiger partial charge >= 0.3 is 0 Å². The highest BCUT2D eigenvalue weighted by molar-refractivity contribution is 6.08. The third-order valence-corrected chi connectivity index (χ3v) is 13.0. The van der Waals surface area contributed by atoms with Crippen molar-refractivity contribution in [2.24, 2.45) is 33.9 Å². The van der Waals surface area contributed by atoms with Crippen LogP contribution >= 0.6 is 0 Å². The molecule has 7 aliphatic rings. The van der Waals surface area contributed by atoms with Crippen molar-refractivity contribution in [3.63, 3.8) is 0 Å². The number of aliphatic imine (C=N–C) groups is 1. The molecule has 2 aliphatic carbocycles. The molecule has 11 heteroatoms. The second-order valence-electron chi connectivity index (χ2n) is 16.7. The first kappa shape index (κ1) is 37.4. The van der Waals surface area contributed by atoms with Crippen molar-refractivity contribution in [2.45, 2.75) is 95.4 Å². The van der Waals surface area contributed by atoms with Gasteiger partial charge in [0, 0.05) is 37.4 Å². The largest absolute Gasteiger partial charge is 0.508 e. The number of aliphatic hydroxyl groups excluding tert-OH is 3. The van der Waals surface area contributed by atoms with Crippen LogP contribution in [0, 0.1) is 47.0 Å². The summed E-state index contributed by atoms with van der Waals surface area (Å²) in [6.07, 6.45) is 15.7. The van der Waals surface area contributed by atoms with Crippen LogP contribution in [-0.2, 0) is 17.6 Å². The molecule has 8 N–H and O–H groups in total. The molecule has 9 unspecified atom stereocenters. The van der Waals surface area contributed by atoms with Gasteiger partial charge < -0.3 is 41.0 Å². The predicted molar refractivity (Wildman–Crippen MR) is 213 cm³/mol. The quantitative estimate of drug-likeness (QED) is 0.172. The number of quaternary nitrogens is 1. The van der Waals surface area contributed by atoms with Gasteiger partial charge in [-0.2, -0.15) is 0 Å². The van der Waals surface area contributed by atoms with Gasteiger partial charge in [0.05, 0.1) is 23.2 Å². The molecule has 0 radical (unpaired) electrons. The van der Waals surface area contributed by atoms with Gasteiger partial charge in [0.25, 0.3) is 6.23 Å². The van der Waals surface area contributed by atoms with Crippen molar-refractivity contribution < 1.29 is 39.6 Å². The Morgan fingerprint density at radius 1 is 1.14 bits per heavy atom.